The highest BCUT2D eigenvalue weighted by Crippen LogP contribution is 2.30. The van der Waals surface area contributed by atoms with Crippen LogP contribution < -0.4 is 4.72 Å². The van der Waals surface area contributed by atoms with E-state index in [2.05, 4.69) is 4.72 Å². The second-order valence-corrected chi connectivity index (χ2v) is 10.0. The van der Waals surface area contributed by atoms with Gasteiger partial charge in [0.1, 0.15) is 4.21 Å². The van der Waals surface area contributed by atoms with Crippen LogP contribution in [0.25, 0.3) is 0 Å². The first kappa shape index (κ1) is 14.3. The Hall–Kier alpha value is -0.150. The second kappa shape index (κ2) is 5.09. The maximum absolute atomic E-state index is 11.6. The van der Waals surface area contributed by atoms with Crippen molar-refractivity contribution in [1.82, 2.24) is 4.72 Å². The molecule has 1 fully saturated rings. The first-order valence-corrected chi connectivity index (χ1v) is 10.0. The molecular formula is C9H12ClNO4S3. The Morgan fingerprint density at radius 1 is 1.28 bits per heavy atom. The maximum Gasteiger partial charge on any atom is 0.270 e. The van der Waals surface area contributed by atoms with Gasteiger partial charge < -0.3 is 0 Å². The van der Waals surface area contributed by atoms with Gasteiger partial charge in [-0.1, -0.05) is 0 Å². The first-order chi connectivity index (χ1) is 8.26. The summed E-state index contributed by atoms with van der Waals surface area (Å²) in [6.45, 7) is 0.103. The van der Waals surface area contributed by atoms with Gasteiger partial charge >= 0.3 is 0 Å². The zero-order valence-corrected chi connectivity index (χ0v) is 12.5. The fourth-order valence-electron chi connectivity index (χ4n) is 1.42. The molecule has 1 N–H and O–H groups in total. The monoisotopic (exact) mass is 329 g/mol. The summed E-state index contributed by atoms with van der Waals surface area (Å²) < 4.78 is 47.8. The lowest BCUT2D eigenvalue weighted by Gasteiger charge is -2.03. The molecule has 1 aliphatic rings. The average Bonchev–Trinajstić information content (AvgIpc) is 2.89. The predicted molar refractivity (Wildman–Crippen MR) is 70.7 cm³/mol. The number of thiophene rings is 1. The van der Waals surface area contributed by atoms with Gasteiger partial charge in [-0.2, -0.15) is 0 Å². The minimum atomic E-state index is -3.73. The van der Waals surface area contributed by atoms with Crippen LogP contribution in [0.4, 0.5) is 0 Å². The van der Waals surface area contributed by atoms with E-state index in [0.717, 1.165) is 24.2 Å². The van der Waals surface area contributed by atoms with Crippen LogP contribution in [-0.2, 0) is 25.6 Å². The lowest BCUT2D eigenvalue weighted by atomic mass is 10.5. The molecule has 0 saturated heterocycles. The Labute approximate surface area is 115 Å². The van der Waals surface area contributed by atoms with Crippen molar-refractivity contribution in [1.29, 1.82) is 0 Å². The van der Waals surface area contributed by atoms with Gasteiger partial charge in [-0.3, -0.25) is 0 Å². The minimum Gasteiger partial charge on any atom is -0.212 e. The van der Waals surface area contributed by atoms with Crippen LogP contribution in [0.1, 0.15) is 17.7 Å². The van der Waals surface area contributed by atoms with Crippen LogP contribution in [0, 0.1) is 5.92 Å². The summed E-state index contributed by atoms with van der Waals surface area (Å²) in [6.07, 6.45) is 1.93. The van der Waals surface area contributed by atoms with Gasteiger partial charge in [0.05, 0.1) is 5.75 Å². The molecule has 1 aromatic heterocycles. The molecule has 0 spiro atoms. The fraction of sp³-hybridized carbons (Fsp3) is 0.556. The molecule has 9 heteroatoms. The van der Waals surface area contributed by atoms with Gasteiger partial charge in [0.2, 0.25) is 10.0 Å². The second-order valence-electron chi connectivity index (χ2n) is 4.20. The molecule has 0 aliphatic heterocycles. The zero-order chi connectivity index (χ0) is 13.4. The molecule has 1 saturated carbocycles. The van der Waals surface area contributed by atoms with Crippen LogP contribution in [0.3, 0.4) is 0 Å². The average molecular weight is 330 g/mol. The topological polar surface area (TPSA) is 80.3 Å². The molecule has 0 aromatic carbocycles. The van der Waals surface area contributed by atoms with Crippen molar-refractivity contribution in [3.05, 3.63) is 17.0 Å². The van der Waals surface area contributed by atoms with Gasteiger partial charge in [-0.15, -0.1) is 11.3 Å². The Bertz CT molecular complexity index is 631. The Morgan fingerprint density at radius 2 is 1.94 bits per heavy atom. The third-order valence-electron chi connectivity index (χ3n) is 2.50. The van der Waals surface area contributed by atoms with Crippen LogP contribution in [-0.4, -0.2) is 22.6 Å². The lowest BCUT2D eigenvalue weighted by Crippen LogP contribution is -2.26. The van der Waals surface area contributed by atoms with E-state index in [9.17, 15) is 16.8 Å². The molecular weight excluding hydrogens is 318 g/mol. The smallest absolute Gasteiger partial charge is 0.212 e. The molecule has 5 nitrogen and oxygen atoms in total. The summed E-state index contributed by atoms with van der Waals surface area (Å²) in [7, 11) is -1.82. The molecule has 0 atom stereocenters. The summed E-state index contributed by atoms with van der Waals surface area (Å²) in [5.41, 5.74) is 0. The zero-order valence-electron chi connectivity index (χ0n) is 9.30. The summed E-state index contributed by atoms with van der Waals surface area (Å²) in [6, 6.07) is 2.93. The number of hydrogen-bond acceptors (Lipinski definition) is 5. The minimum absolute atomic E-state index is 0.0283. The Kier molecular flexibility index (Phi) is 4.03. The highest BCUT2D eigenvalue weighted by molar-refractivity contribution is 8.15. The highest BCUT2D eigenvalue weighted by atomic mass is 35.7. The number of hydrogen-bond donors (Lipinski definition) is 1. The number of halogens is 1. The third kappa shape index (κ3) is 4.20. The molecule has 0 amide bonds. The predicted octanol–water partition coefficient (Wildman–Crippen LogP) is 1.51. The van der Waals surface area contributed by atoms with Crippen molar-refractivity contribution in [2.45, 2.75) is 23.6 Å². The van der Waals surface area contributed by atoms with Crippen LogP contribution >= 0.6 is 22.0 Å². The molecule has 1 aliphatic carbocycles. The van der Waals surface area contributed by atoms with Gasteiger partial charge in [-0.05, 0) is 30.9 Å². The lowest BCUT2D eigenvalue weighted by molar-refractivity contribution is 0.578. The van der Waals surface area contributed by atoms with E-state index in [-0.39, 0.29) is 22.4 Å². The standard InChI is InChI=1S/C9H12ClNO4S3/c10-18(14,15)9-4-3-8(16-9)5-11-17(12,13)6-7-1-2-7/h3-4,7,11H,1-2,5-6H2. The maximum atomic E-state index is 11.6. The van der Waals surface area contributed by atoms with Crippen molar-refractivity contribution >= 4 is 41.1 Å². The molecule has 18 heavy (non-hydrogen) atoms. The van der Waals surface area contributed by atoms with E-state index in [1.165, 1.54) is 6.07 Å². The Morgan fingerprint density at radius 3 is 2.44 bits per heavy atom. The number of nitrogens with one attached hydrogen (secondary N) is 1. The molecule has 0 bridgehead atoms. The molecule has 0 radical (unpaired) electrons. The molecule has 1 heterocycles. The van der Waals surface area contributed by atoms with E-state index in [0.29, 0.717) is 4.88 Å². The van der Waals surface area contributed by atoms with E-state index in [1.807, 2.05) is 0 Å². The van der Waals surface area contributed by atoms with Gasteiger partial charge in [0.25, 0.3) is 9.05 Å². The summed E-state index contributed by atoms with van der Waals surface area (Å²) in [4.78, 5) is 0.619. The fourth-order valence-corrected chi connectivity index (χ4v) is 5.02. The van der Waals surface area contributed by atoms with Gasteiger partial charge in [-0.25, -0.2) is 21.6 Å². The van der Waals surface area contributed by atoms with Crippen molar-refractivity contribution in [3.8, 4) is 0 Å². The SMILES string of the molecule is O=S(=O)(CC1CC1)NCc1ccc(S(=O)(=O)Cl)s1. The molecule has 102 valence electrons. The van der Waals surface area contributed by atoms with Crippen LogP contribution in [0.15, 0.2) is 16.3 Å². The molecule has 0 unspecified atom stereocenters. The van der Waals surface area contributed by atoms with Gasteiger partial charge in [0, 0.05) is 22.1 Å². The number of rotatable bonds is 6. The van der Waals surface area contributed by atoms with Crippen LogP contribution in [0.5, 0.6) is 0 Å². The van der Waals surface area contributed by atoms with Crippen molar-refractivity contribution in [3.63, 3.8) is 0 Å². The summed E-state index contributed by atoms with van der Waals surface area (Å²) >= 11 is 0.968. The molecule has 1 aromatic rings. The molecule has 2 rings (SSSR count). The Balaban J connectivity index is 1.96. The van der Waals surface area contributed by atoms with E-state index >= 15 is 0 Å². The van der Waals surface area contributed by atoms with E-state index in [4.69, 9.17) is 10.7 Å². The third-order valence-corrected chi connectivity index (χ3v) is 7.17. The highest BCUT2D eigenvalue weighted by Gasteiger charge is 2.27. The summed E-state index contributed by atoms with van der Waals surface area (Å²) in [5, 5.41) is 0. The van der Waals surface area contributed by atoms with Crippen LogP contribution in [0.2, 0.25) is 0 Å². The van der Waals surface area contributed by atoms with E-state index in [1.54, 1.807) is 6.07 Å². The van der Waals surface area contributed by atoms with E-state index < -0.39 is 19.1 Å². The quantitative estimate of drug-likeness (QED) is 0.802. The normalized spacial score (nSPS) is 16.9. The van der Waals surface area contributed by atoms with Crippen molar-refractivity contribution in [2.75, 3.05) is 5.75 Å². The van der Waals surface area contributed by atoms with Crippen molar-refractivity contribution < 1.29 is 16.8 Å². The first-order valence-electron chi connectivity index (χ1n) is 5.27. The van der Waals surface area contributed by atoms with Crippen molar-refractivity contribution in [2.24, 2.45) is 5.92 Å². The summed E-state index contributed by atoms with van der Waals surface area (Å²) in [5.74, 6) is 0.434. The number of sulfonamides is 1. The largest absolute Gasteiger partial charge is 0.270 e. The van der Waals surface area contributed by atoms with Gasteiger partial charge in [0.15, 0.2) is 0 Å².